The largest absolute Gasteiger partial charge is 0.310 e. The van der Waals surface area contributed by atoms with Crippen molar-refractivity contribution >= 4 is 17.2 Å². The molecule has 3 nitrogen and oxygen atoms in total. The van der Waals surface area contributed by atoms with E-state index in [1.165, 1.54) is 12.0 Å². The number of nitrogens with one attached hydrogen (secondary N) is 1. The van der Waals surface area contributed by atoms with E-state index in [9.17, 15) is 0 Å². The standard InChI is InChI=1S/C13H12ClN3/c14-13-10(6-15)4-11(7-17-13)9-3-8-1-2-16-12(8)5-9/h4-5,7-8,12,16H,1-3H2. The molecule has 1 aliphatic heterocycles. The molecule has 1 aromatic heterocycles. The van der Waals surface area contributed by atoms with Crippen molar-refractivity contribution in [2.45, 2.75) is 18.9 Å². The molecule has 4 heteroatoms. The maximum absolute atomic E-state index is 8.94. The third-order valence-corrected chi connectivity index (χ3v) is 3.90. The molecule has 17 heavy (non-hydrogen) atoms. The second kappa shape index (κ2) is 4.14. The van der Waals surface area contributed by atoms with E-state index in [-0.39, 0.29) is 5.15 Å². The molecule has 1 aromatic rings. The lowest BCUT2D eigenvalue weighted by molar-refractivity contribution is 0.553. The summed E-state index contributed by atoms with van der Waals surface area (Å²) >= 11 is 5.83. The minimum atomic E-state index is 0.285. The Morgan fingerprint density at radius 3 is 3.18 bits per heavy atom. The van der Waals surface area contributed by atoms with E-state index in [0.29, 0.717) is 17.5 Å². The molecule has 2 unspecified atom stereocenters. The lowest BCUT2D eigenvalue weighted by atomic mass is 9.99. The van der Waals surface area contributed by atoms with Crippen molar-refractivity contribution < 1.29 is 0 Å². The van der Waals surface area contributed by atoms with Crippen molar-refractivity contribution in [1.82, 2.24) is 10.3 Å². The van der Waals surface area contributed by atoms with Crippen LogP contribution in [-0.4, -0.2) is 17.6 Å². The van der Waals surface area contributed by atoms with Crippen LogP contribution in [0, 0.1) is 17.2 Å². The van der Waals surface area contributed by atoms with Crippen molar-refractivity contribution in [1.29, 1.82) is 5.26 Å². The third-order valence-electron chi connectivity index (χ3n) is 3.60. The summed E-state index contributed by atoms with van der Waals surface area (Å²) in [6.07, 6.45) is 6.34. The van der Waals surface area contributed by atoms with Gasteiger partial charge in [-0.1, -0.05) is 17.7 Å². The first-order valence-corrected chi connectivity index (χ1v) is 6.16. The third kappa shape index (κ3) is 1.84. The topological polar surface area (TPSA) is 48.7 Å². The highest BCUT2D eigenvalue weighted by molar-refractivity contribution is 6.30. The zero-order valence-corrected chi connectivity index (χ0v) is 10.0. The first-order chi connectivity index (χ1) is 8.28. The molecule has 0 saturated carbocycles. The van der Waals surface area contributed by atoms with Gasteiger partial charge in [0.05, 0.1) is 5.56 Å². The fourth-order valence-corrected chi connectivity index (χ4v) is 2.83. The van der Waals surface area contributed by atoms with Crippen LogP contribution in [0.25, 0.3) is 5.57 Å². The van der Waals surface area contributed by atoms with Gasteiger partial charge in [0.2, 0.25) is 0 Å². The highest BCUT2D eigenvalue weighted by atomic mass is 35.5. The number of aromatic nitrogens is 1. The number of nitriles is 1. The quantitative estimate of drug-likeness (QED) is 0.773. The number of pyridine rings is 1. The molecular weight excluding hydrogens is 234 g/mol. The van der Waals surface area contributed by atoms with Crippen molar-refractivity contribution in [3.8, 4) is 6.07 Å². The molecule has 3 rings (SSSR count). The summed E-state index contributed by atoms with van der Waals surface area (Å²) in [6, 6.07) is 4.41. The van der Waals surface area contributed by atoms with Crippen LogP contribution in [0.1, 0.15) is 24.0 Å². The highest BCUT2D eigenvalue weighted by Gasteiger charge is 2.31. The Morgan fingerprint density at radius 2 is 2.41 bits per heavy atom. The second-order valence-corrected chi connectivity index (χ2v) is 4.96. The zero-order chi connectivity index (χ0) is 11.8. The Labute approximate surface area is 105 Å². The van der Waals surface area contributed by atoms with Gasteiger partial charge in [0, 0.05) is 12.2 Å². The van der Waals surface area contributed by atoms with Gasteiger partial charge in [-0.05, 0) is 42.5 Å². The summed E-state index contributed by atoms with van der Waals surface area (Å²) in [5.41, 5.74) is 2.77. The molecule has 0 bridgehead atoms. The van der Waals surface area contributed by atoms with Crippen LogP contribution in [0.4, 0.5) is 0 Å². The van der Waals surface area contributed by atoms with Gasteiger partial charge in [-0.3, -0.25) is 0 Å². The van der Waals surface area contributed by atoms with Gasteiger partial charge in [0.1, 0.15) is 11.2 Å². The number of hydrogen-bond acceptors (Lipinski definition) is 3. The number of nitrogens with zero attached hydrogens (tertiary/aromatic N) is 2. The molecular formula is C13H12ClN3. The SMILES string of the molecule is N#Cc1cc(C2=CC3NCCC3C2)cnc1Cl. The minimum Gasteiger partial charge on any atom is -0.310 e. The number of hydrogen-bond donors (Lipinski definition) is 1. The van der Waals surface area contributed by atoms with Crippen molar-refractivity contribution in [2.75, 3.05) is 6.54 Å². The lowest BCUT2D eigenvalue weighted by Crippen LogP contribution is -2.20. The molecule has 1 N–H and O–H groups in total. The molecule has 0 aromatic carbocycles. The summed E-state index contributed by atoms with van der Waals surface area (Å²) in [6.45, 7) is 1.11. The predicted molar refractivity (Wildman–Crippen MR) is 66.5 cm³/mol. The number of fused-ring (bicyclic) bond motifs is 1. The van der Waals surface area contributed by atoms with Crippen LogP contribution in [0.15, 0.2) is 18.3 Å². The lowest BCUT2D eigenvalue weighted by Gasteiger charge is -2.06. The Balaban J connectivity index is 1.93. The summed E-state index contributed by atoms with van der Waals surface area (Å²) < 4.78 is 0. The molecule has 1 aliphatic carbocycles. The van der Waals surface area contributed by atoms with E-state index >= 15 is 0 Å². The number of rotatable bonds is 1. The first kappa shape index (κ1) is 10.8. The maximum atomic E-state index is 8.94. The summed E-state index contributed by atoms with van der Waals surface area (Å²) in [4.78, 5) is 4.07. The first-order valence-electron chi connectivity index (χ1n) is 5.78. The molecule has 86 valence electrons. The summed E-state index contributed by atoms with van der Waals surface area (Å²) in [5, 5.41) is 12.7. The van der Waals surface area contributed by atoms with E-state index in [4.69, 9.17) is 16.9 Å². The number of halogens is 1. The maximum Gasteiger partial charge on any atom is 0.146 e. The zero-order valence-electron chi connectivity index (χ0n) is 9.28. The van der Waals surface area contributed by atoms with E-state index in [0.717, 1.165) is 18.5 Å². The van der Waals surface area contributed by atoms with Crippen LogP contribution in [0.3, 0.4) is 0 Å². The van der Waals surface area contributed by atoms with Crippen LogP contribution in [0.2, 0.25) is 5.15 Å². The van der Waals surface area contributed by atoms with Crippen molar-refractivity contribution in [3.63, 3.8) is 0 Å². The minimum absolute atomic E-state index is 0.285. The van der Waals surface area contributed by atoms with Gasteiger partial charge in [-0.25, -0.2) is 4.98 Å². The van der Waals surface area contributed by atoms with E-state index in [1.54, 1.807) is 6.20 Å². The van der Waals surface area contributed by atoms with Crippen molar-refractivity contribution in [2.24, 2.45) is 5.92 Å². The smallest absolute Gasteiger partial charge is 0.146 e. The van der Waals surface area contributed by atoms with Gasteiger partial charge in [-0.15, -0.1) is 0 Å². The molecule has 0 radical (unpaired) electrons. The average molecular weight is 246 g/mol. The fourth-order valence-electron chi connectivity index (χ4n) is 2.69. The highest BCUT2D eigenvalue weighted by Crippen LogP contribution is 2.37. The Hall–Kier alpha value is -1.37. The second-order valence-electron chi connectivity index (χ2n) is 4.60. The molecule has 1 saturated heterocycles. The Bertz CT molecular complexity index is 530. The van der Waals surface area contributed by atoms with Gasteiger partial charge in [0.25, 0.3) is 0 Å². The van der Waals surface area contributed by atoms with E-state index < -0.39 is 0 Å². The average Bonchev–Trinajstić information content (AvgIpc) is 2.90. The van der Waals surface area contributed by atoms with Crippen LogP contribution in [0.5, 0.6) is 0 Å². The van der Waals surface area contributed by atoms with Gasteiger partial charge >= 0.3 is 0 Å². The normalized spacial score (nSPS) is 26.5. The molecule has 2 atom stereocenters. The van der Waals surface area contributed by atoms with Crippen molar-refractivity contribution in [3.05, 3.63) is 34.6 Å². The molecule has 0 amide bonds. The van der Waals surface area contributed by atoms with Crippen LogP contribution < -0.4 is 5.32 Å². The van der Waals surface area contributed by atoms with Gasteiger partial charge in [-0.2, -0.15) is 5.26 Å². The molecule has 2 aliphatic rings. The Kier molecular flexibility index (Phi) is 2.62. The fraction of sp³-hybridized carbons (Fsp3) is 0.385. The van der Waals surface area contributed by atoms with E-state index in [1.807, 2.05) is 6.07 Å². The van der Waals surface area contributed by atoms with Crippen LogP contribution >= 0.6 is 11.6 Å². The monoisotopic (exact) mass is 245 g/mol. The summed E-state index contributed by atoms with van der Waals surface area (Å²) in [7, 11) is 0. The van der Waals surface area contributed by atoms with Gasteiger partial charge in [0.15, 0.2) is 0 Å². The molecule has 2 heterocycles. The summed E-state index contributed by atoms with van der Waals surface area (Å²) in [5.74, 6) is 0.714. The Morgan fingerprint density at radius 1 is 1.53 bits per heavy atom. The van der Waals surface area contributed by atoms with E-state index in [2.05, 4.69) is 22.4 Å². The van der Waals surface area contributed by atoms with Crippen LogP contribution in [-0.2, 0) is 0 Å². The molecule has 1 fully saturated rings. The predicted octanol–water partition coefficient (Wildman–Crippen LogP) is 2.37. The number of allylic oxidation sites excluding steroid dienone is 1. The molecule has 0 spiro atoms. The van der Waals surface area contributed by atoms with Gasteiger partial charge < -0.3 is 5.32 Å².